The maximum Gasteiger partial charge on any atom is 0.328 e. The molecule has 0 spiro atoms. The predicted molar refractivity (Wildman–Crippen MR) is 171 cm³/mol. The first-order valence-electron chi connectivity index (χ1n) is 15.2. The van der Waals surface area contributed by atoms with Gasteiger partial charge >= 0.3 is 5.97 Å². The van der Waals surface area contributed by atoms with Gasteiger partial charge in [0.2, 0.25) is 11.8 Å². The highest BCUT2D eigenvalue weighted by Crippen LogP contribution is 2.27. The number of rotatable bonds is 6. The van der Waals surface area contributed by atoms with E-state index < -0.39 is 41.8 Å². The number of Topliss-reactive ketones (excluding diaryl/α,β-unsaturated/α-hetero) is 1. The second-order valence-corrected chi connectivity index (χ2v) is 11.7. The fraction of sp³-hybridized carbons (Fsp3) is 0.371. The summed E-state index contributed by atoms with van der Waals surface area (Å²) in [4.78, 5) is 55.1. The largest absolute Gasteiger partial charge is 0.490 e. The first-order chi connectivity index (χ1) is 22.1. The van der Waals surface area contributed by atoms with Crippen LogP contribution in [0.3, 0.4) is 0 Å². The lowest BCUT2D eigenvalue weighted by atomic mass is 9.90. The molecule has 0 bridgehead atoms. The quantitative estimate of drug-likeness (QED) is 0.345. The molecule has 0 fully saturated rings. The SMILES string of the molecule is COC(=O)[C@@H]1CCC(=O)N(CCc2ccccc2)C[C@@H](O)[C@H](O)COc2cc(Cl)ccc2C(=O)C[C@H](Cc2ccccc2)C(=O)N1. The van der Waals surface area contributed by atoms with Crippen molar-refractivity contribution in [3.05, 3.63) is 101 Å². The van der Waals surface area contributed by atoms with E-state index in [0.717, 1.165) is 11.1 Å². The Labute approximate surface area is 273 Å². The zero-order valence-corrected chi connectivity index (χ0v) is 26.4. The van der Waals surface area contributed by atoms with E-state index in [0.29, 0.717) is 6.42 Å². The van der Waals surface area contributed by atoms with Gasteiger partial charge in [-0.3, -0.25) is 14.4 Å². The van der Waals surface area contributed by atoms with Crippen molar-refractivity contribution in [2.24, 2.45) is 5.92 Å². The molecule has 4 rings (SSSR count). The van der Waals surface area contributed by atoms with E-state index in [1.54, 1.807) is 0 Å². The number of nitrogens with zero attached hydrogens (tertiary/aromatic N) is 1. The van der Waals surface area contributed by atoms with Crippen LogP contribution in [0.2, 0.25) is 5.02 Å². The third-order valence-electron chi connectivity index (χ3n) is 7.95. The monoisotopic (exact) mass is 650 g/mol. The Hall–Kier alpha value is -4.25. The van der Waals surface area contributed by atoms with Crippen molar-refractivity contribution in [2.45, 2.75) is 50.4 Å². The van der Waals surface area contributed by atoms with E-state index in [4.69, 9.17) is 21.1 Å². The first kappa shape index (κ1) is 34.6. The summed E-state index contributed by atoms with van der Waals surface area (Å²) in [5.74, 6) is -2.89. The average molecular weight is 651 g/mol. The molecule has 3 aromatic rings. The van der Waals surface area contributed by atoms with Gasteiger partial charge in [0.05, 0.1) is 12.7 Å². The number of amides is 2. The van der Waals surface area contributed by atoms with Gasteiger partial charge in [-0.1, -0.05) is 72.3 Å². The molecule has 0 aliphatic carbocycles. The molecule has 0 saturated heterocycles. The van der Waals surface area contributed by atoms with Crippen LogP contribution in [0.5, 0.6) is 5.75 Å². The first-order valence-corrected chi connectivity index (χ1v) is 15.6. The minimum absolute atomic E-state index is 0.0752. The van der Waals surface area contributed by atoms with E-state index in [-0.39, 0.29) is 67.6 Å². The lowest BCUT2D eigenvalue weighted by Gasteiger charge is -2.28. The van der Waals surface area contributed by atoms with Crippen molar-refractivity contribution >= 4 is 35.2 Å². The number of fused-ring (bicyclic) bond motifs is 1. The summed E-state index contributed by atoms with van der Waals surface area (Å²) in [6, 6.07) is 21.9. The number of aliphatic hydroxyl groups excluding tert-OH is 2. The number of nitrogens with one attached hydrogen (secondary N) is 1. The van der Waals surface area contributed by atoms with Crippen molar-refractivity contribution < 1.29 is 38.9 Å². The highest BCUT2D eigenvalue weighted by molar-refractivity contribution is 6.30. The maximum atomic E-state index is 13.7. The molecule has 0 saturated carbocycles. The molecule has 1 heterocycles. The van der Waals surface area contributed by atoms with Gasteiger partial charge in [-0.15, -0.1) is 0 Å². The van der Waals surface area contributed by atoms with Gasteiger partial charge in [0, 0.05) is 36.9 Å². The molecular weight excluding hydrogens is 612 g/mol. The molecule has 244 valence electrons. The number of benzene rings is 3. The summed E-state index contributed by atoms with van der Waals surface area (Å²) in [6.45, 7) is -0.373. The number of esters is 1. The highest BCUT2D eigenvalue weighted by atomic mass is 35.5. The number of hydrogen-bond donors (Lipinski definition) is 3. The number of carbonyl (C=O) groups is 4. The van der Waals surface area contributed by atoms with Crippen molar-refractivity contribution in [1.82, 2.24) is 10.2 Å². The van der Waals surface area contributed by atoms with Gasteiger partial charge in [0.1, 0.15) is 30.6 Å². The fourth-order valence-electron chi connectivity index (χ4n) is 5.30. The molecule has 1 aliphatic heterocycles. The molecule has 4 atom stereocenters. The maximum absolute atomic E-state index is 13.7. The Bertz CT molecular complexity index is 1490. The highest BCUT2D eigenvalue weighted by Gasteiger charge is 2.31. The Morgan fingerprint density at radius 1 is 0.978 bits per heavy atom. The van der Waals surface area contributed by atoms with Crippen LogP contribution in [-0.4, -0.2) is 83.7 Å². The molecule has 2 amide bonds. The Morgan fingerprint density at radius 2 is 1.65 bits per heavy atom. The smallest absolute Gasteiger partial charge is 0.328 e. The van der Waals surface area contributed by atoms with E-state index >= 15 is 0 Å². The van der Waals surface area contributed by atoms with Crippen LogP contribution in [0, 0.1) is 5.92 Å². The second-order valence-electron chi connectivity index (χ2n) is 11.3. The standard InChI is InChI=1S/C35H39ClN2O8/c1-45-35(44)28-14-15-33(42)38(17-16-23-8-4-2-5-9-23)21-30(40)31(41)22-46-32-20-26(36)12-13-27(32)29(39)19-25(34(43)37-28)18-24-10-6-3-7-11-24/h2-13,20,25,28,30-31,40-41H,14-19,21-22H2,1H3,(H,37,43)/t25-,28-,30+,31+/m0/s1. The number of methoxy groups -OCH3 is 1. The Morgan fingerprint density at radius 3 is 2.33 bits per heavy atom. The van der Waals surface area contributed by atoms with Crippen LogP contribution < -0.4 is 10.1 Å². The number of aliphatic hydroxyl groups is 2. The van der Waals surface area contributed by atoms with E-state index in [2.05, 4.69) is 5.32 Å². The molecule has 3 aromatic carbocycles. The molecule has 3 N–H and O–H groups in total. The Kier molecular flexibility index (Phi) is 12.7. The van der Waals surface area contributed by atoms with E-state index in [1.807, 2.05) is 60.7 Å². The summed E-state index contributed by atoms with van der Waals surface area (Å²) < 4.78 is 10.7. The van der Waals surface area contributed by atoms with Crippen molar-refractivity contribution in [3.63, 3.8) is 0 Å². The number of ketones is 1. The van der Waals surface area contributed by atoms with Gasteiger partial charge in [-0.2, -0.15) is 0 Å². The van der Waals surface area contributed by atoms with Gasteiger partial charge in [-0.25, -0.2) is 4.79 Å². The average Bonchev–Trinajstić information content (AvgIpc) is 3.06. The molecule has 0 unspecified atom stereocenters. The van der Waals surface area contributed by atoms with Gasteiger partial charge in [0.25, 0.3) is 0 Å². The van der Waals surface area contributed by atoms with Crippen LogP contribution in [0.4, 0.5) is 0 Å². The molecular formula is C35H39ClN2O8. The summed E-state index contributed by atoms with van der Waals surface area (Å²) in [5.41, 5.74) is 1.93. The number of carbonyl (C=O) groups excluding carboxylic acids is 4. The van der Waals surface area contributed by atoms with Crippen LogP contribution >= 0.6 is 11.6 Å². The number of β-amino-alcohol motifs (C(OH)–C–C–N with tert-alkyl or cyclic N) is 1. The molecule has 0 radical (unpaired) electrons. The molecule has 10 nitrogen and oxygen atoms in total. The minimum Gasteiger partial charge on any atom is -0.490 e. The topological polar surface area (TPSA) is 142 Å². The van der Waals surface area contributed by atoms with Crippen molar-refractivity contribution in [1.29, 1.82) is 0 Å². The third kappa shape index (κ3) is 9.87. The Balaban J connectivity index is 1.67. The van der Waals surface area contributed by atoms with Crippen molar-refractivity contribution in [3.8, 4) is 5.75 Å². The number of halogens is 1. The summed E-state index contributed by atoms with van der Waals surface area (Å²) in [6.07, 6.45) is -2.58. The molecule has 1 aliphatic rings. The van der Waals surface area contributed by atoms with E-state index in [1.165, 1.54) is 30.2 Å². The molecule has 0 aromatic heterocycles. The third-order valence-corrected chi connectivity index (χ3v) is 8.18. The van der Waals surface area contributed by atoms with E-state index in [9.17, 15) is 29.4 Å². The molecule has 11 heteroatoms. The van der Waals surface area contributed by atoms with Gasteiger partial charge in [-0.05, 0) is 48.6 Å². The van der Waals surface area contributed by atoms with Crippen LogP contribution in [0.25, 0.3) is 0 Å². The minimum atomic E-state index is -1.42. The summed E-state index contributed by atoms with van der Waals surface area (Å²) in [5, 5.41) is 24.7. The lowest BCUT2D eigenvalue weighted by Crippen LogP contribution is -2.47. The van der Waals surface area contributed by atoms with Crippen LogP contribution in [0.15, 0.2) is 78.9 Å². The van der Waals surface area contributed by atoms with Crippen LogP contribution in [-0.2, 0) is 32.0 Å². The molecule has 46 heavy (non-hydrogen) atoms. The fourth-order valence-corrected chi connectivity index (χ4v) is 5.46. The number of hydrogen-bond acceptors (Lipinski definition) is 8. The summed E-state index contributed by atoms with van der Waals surface area (Å²) >= 11 is 6.20. The van der Waals surface area contributed by atoms with Gasteiger partial charge < -0.3 is 29.9 Å². The lowest BCUT2D eigenvalue weighted by molar-refractivity contribution is -0.146. The predicted octanol–water partition coefficient (Wildman–Crippen LogP) is 3.40. The van der Waals surface area contributed by atoms with Crippen molar-refractivity contribution in [2.75, 3.05) is 26.8 Å². The normalized spacial score (nSPS) is 21.8. The van der Waals surface area contributed by atoms with Gasteiger partial charge in [0.15, 0.2) is 5.78 Å². The second kappa shape index (κ2) is 16.9. The zero-order chi connectivity index (χ0) is 33.1. The van der Waals surface area contributed by atoms with Crippen LogP contribution in [0.1, 0.15) is 40.7 Å². The number of ether oxygens (including phenoxy) is 2. The zero-order valence-electron chi connectivity index (χ0n) is 25.6. The summed E-state index contributed by atoms with van der Waals surface area (Å²) in [7, 11) is 1.19.